The topological polar surface area (TPSA) is 82.6 Å². The molecule has 7 heteroatoms. The third kappa shape index (κ3) is 3.71. The molecular formula is C25H30N2O5. The summed E-state index contributed by atoms with van der Waals surface area (Å²) in [6.45, 7) is 8.39. The summed E-state index contributed by atoms with van der Waals surface area (Å²) in [5.41, 5.74) is 4.05. The first-order valence-corrected chi connectivity index (χ1v) is 10.8. The van der Waals surface area contributed by atoms with Crippen LogP contribution in [-0.4, -0.2) is 34.8 Å². The van der Waals surface area contributed by atoms with E-state index in [4.69, 9.17) is 14.2 Å². The predicted molar refractivity (Wildman–Crippen MR) is 123 cm³/mol. The van der Waals surface area contributed by atoms with E-state index in [2.05, 4.69) is 11.9 Å². The SMILES string of the molecule is COC(=O)C(OC(C)(C)C)c1c(-c2ccc3c(c2C)CCCO3)c2cc[nH]c2c(=O)n1C. The first kappa shape index (κ1) is 22.1. The first-order chi connectivity index (χ1) is 15.1. The number of nitrogens with zero attached hydrogens (tertiary/aromatic N) is 1. The molecule has 1 aliphatic heterocycles. The summed E-state index contributed by atoms with van der Waals surface area (Å²) in [6, 6.07) is 5.85. The van der Waals surface area contributed by atoms with Gasteiger partial charge in [-0.2, -0.15) is 0 Å². The molecule has 3 heterocycles. The Balaban J connectivity index is 2.09. The van der Waals surface area contributed by atoms with Gasteiger partial charge in [0.05, 0.1) is 25.0 Å². The number of pyridine rings is 1. The second-order valence-electron chi connectivity index (χ2n) is 9.19. The van der Waals surface area contributed by atoms with Crippen LogP contribution in [0.5, 0.6) is 5.75 Å². The van der Waals surface area contributed by atoms with Crippen molar-refractivity contribution >= 4 is 16.9 Å². The summed E-state index contributed by atoms with van der Waals surface area (Å²) in [5.74, 6) is 0.342. The van der Waals surface area contributed by atoms with Gasteiger partial charge in [-0.05, 0) is 69.4 Å². The van der Waals surface area contributed by atoms with Crippen molar-refractivity contribution in [1.82, 2.24) is 9.55 Å². The number of methoxy groups -OCH3 is 1. The molecule has 1 N–H and O–H groups in total. The smallest absolute Gasteiger partial charge is 0.341 e. The zero-order valence-corrected chi connectivity index (χ0v) is 19.5. The zero-order valence-electron chi connectivity index (χ0n) is 19.5. The molecule has 1 aromatic carbocycles. The lowest BCUT2D eigenvalue weighted by molar-refractivity contribution is -0.165. The fraction of sp³-hybridized carbons (Fsp3) is 0.440. The fourth-order valence-electron chi connectivity index (χ4n) is 4.48. The Hall–Kier alpha value is -3.06. The molecule has 0 radical (unpaired) electrons. The maximum Gasteiger partial charge on any atom is 0.341 e. The van der Waals surface area contributed by atoms with Gasteiger partial charge < -0.3 is 23.8 Å². The Morgan fingerprint density at radius 3 is 2.69 bits per heavy atom. The van der Waals surface area contributed by atoms with Crippen LogP contribution in [-0.2, 0) is 27.7 Å². The standard InChI is InChI=1S/C25H30N2O5/c1-14-15-8-7-13-31-18(15)10-9-16(14)19-17-11-12-26-20(17)23(28)27(5)21(19)22(24(29)30-6)32-25(2,3)4/h9-12,22,26H,7-8,13H2,1-6H3. The Bertz CT molecular complexity index is 1250. The highest BCUT2D eigenvalue weighted by Gasteiger charge is 2.34. The second-order valence-corrected chi connectivity index (χ2v) is 9.19. The van der Waals surface area contributed by atoms with Crippen molar-refractivity contribution in [1.29, 1.82) is 0 Å². The number of nitrogens with one attached hydrogen (secondary N) is 1. The van der Waals surface area contributed by atoms with E-state index in [0.717, 1.165) is 46.2 Å². The van der Waals surface area contributed by atoms with E-state index in [0.29, 0.717) is 17.8 Å². The molecule has 7 nitrogen and oxygen atoms in total. The van der Waals surface area contributed by atoms with Crippen LogP contribution in [0.3, 0.4) is 0 Å². The molecule has 0 spiro atoms. The number of carbonyl (C=O) groups is 1. The van der Waals surface area contributed by atoms with Gasteiger partial charge in [-0.15, -0.1) is 0 Å². The molecule has 1 aliphatic rings. The Labute approximate surface area is 187 Å². The largest absolute Gasteiger partial charge is 0.493 e. The predicted octanol–water partition coefficient (Wildman–Crippen LogP) is 4.20. The molecule has 2 aromatic heterocycles. The van der Waals surface area contributed by atoms with Crippen molar-refractivity contribution in [3.8, 4) is 16.9 Å². The maximum absolute atomic E-state index is 13.2. The average Bonchev–Trinajstić information content (AvgIpc) is 3.24. The van der Waals surface area contributed by atoms with Crippen LogP contribution in [0.15, 0.2) is 29.2 Å². The van der Waals surface area contributed by atoms with Crippen molar-refractivity contribution in [2.24, 2.45) is 7.05 Å². The summed E-state index contributed by atoms with van der Waals surface area (Å²) in [6.07, 6.45) is 2.55. The first-order valence-electron chi connectivity index (χ1n) is 10.8. The van der Waals surface area contributed by atoms with Gasteiger partial charge in [0.1, 0.15) is 11.3 Å². The summed E-state index contributed by atoms with van der Waals surface area (Å²) in [4.78, 5) is 29.2. The summed E-state index contributed by atoms with van der Waals surface area (Å²) < 4.78 is 18.6. The van der Waals surface area contributed by atoms with E-state index < -0.39 is 17.7 Å². The van der Waals surface area contributed by atoms with Crippen LogP contribution in [0.4, 0.5) is 0 Å². The number of aromatic nitrogens is 2. The molecule has 0 fully saturated rings. The van der Waals surface area contributed by atoms with Crippen LogP contribution < -0.4 is 10.3 Å². The van der Waals surface area contributed by atoms with E-state index in [9.17, 15) is 9.59 Å². The maximum atomic E-state index is 13.2. The molecule has 32 heavy (non-hydrogen) atoms. The van der Waals surface area contributed by atoms with Gasteiger partial charge >= 0.3 is 5.97 Å². The Kier molecular flexibility index (Phi) is 5.63. The van der Waals surface area contributed by atoms with Crippen LogP contribution in [0, 0.1) is 6.92 Å². The van der Waals surface area contributed by atoms with Crippen LogP contribution in [0.25, 0.3) is 22.0 Å². The van der Waals surface area contributed by atoms with Crippen molar-refractivity contribution < 1.29 is 19.0 Å². The number of esters is 1. The minimum atomic E-state index is -1.07. The van der Waals surface area contributed by atoms with Crippen LogP contribution in [0.2, 0.25) is 0 Å². The van der Waals surface area contributed by atoms with Gasteiger partial charge in [0.15, 0.2) is 6.10 Å². The zero-order chi connectivity index (χ0) is 23.2. The van der Waals surface area contributed by atoms with Gasteiger partial charge in [0, 0.05) is 24.2 Å². The number of fused-ring (bicyclic) bond motifs is 2. The van der Waals surface area contributed by atoms with Gasteiger partial charge in [-0.1, -0.05) is 6.07 Å². The van der Waals surface area contributed by atoms with Gasteiger partial charge in [0.25, 0.3) is 5.56 Å². The number of carbonyl (C=O) groups excluding carboxylic acids is 1. The quantitative estimate of drug-likeness (QED) is 0.618. The number of hydrogen-bond donors (Lipinski definition) is 1. The highest BCUT2D eigenvalue weighted by Crippen LogP contribution is 2.41. The van der Waals surface area contributed by atoms with Crippen LogP contribution >= 0.6 is 0 Å². The number of rotatable bonds is 4. The highest BCUT2D eigenvalue weighted by atomic mass is 16.6. The second kappa shape index (κ2) is 8.13. The van der Waals surface area contributed by atoms with E-state index >= 15 is 0 Å². The number of H-pyrrole nitrogens is 1. The minimum Gasteiger partial charge on any atom is -0.493 e. The lowest BCUT2D eigenvalue weighted by Crippen LogP contribution is -2.33. The molecule has 1 atom stereocenters. The highest BCUT2D eigenvalue weighted by molar-refractivity contribution is 5.98. The molecule has 4 rings (SSSR count). The summed E-state index contributed by atoms with van der Waals surface area (Å²) >= 11 is 0. The molecule has 1 unspecified atom stereocenters. The van der Waals surface area contributed by atoms with Crippen molar-refractivity contribution in [2.45, 2.75) is 52.2 Å². The lowest BCUT2D eigenvalue weighted by atomic mass is 9.89. The van der Waals surface area contributed by atoms with Crippen molar-refractivity contribution in [3.63, 3.8) is 0 Å². The van der Waals surface area contributed by atoms with Crippen molar-refractivity contribution in [2.75, 3.05) is 13.7 Å². The normalized spacial score (nSPS) is 14.7. The summed E-state index contributed by atoms with van der Waals surface area (Å²) in [7, 11) is 3.00. The molecule has 0 saturated carbocycles. The summed E-state index contributed by atoms with van der Waals surface area (Å²) in [5, 5.41) is 0.745. The Morgan fingerprint density at radius 1 is 1.25 bits per heavy atom. The molecule has 170 valence electrons. The minimum absolute atomic E-state index is 0.228. The van der Waals surface area contributed by atoms with Crippen LogP contribution in [0.1, 0.15) is 50.1 Å². The third-order valence-electron chi connectivity index (χ3n) is 5.94. The van der Waals surface area contributed by atoms with E-state index in [1.807, 2.05) is 39.0 Å². The Morgan fingerprint density at radius 2 is 2.00 bits per heavy atom. The molecule has 0 aliphatic carbocycles. The van der Waals surface area contributed by atoms with Crippen molar-refractivity contribution in [3.05, 3.63) is 51.6 Å². The van der Waals surface area contributed by atoms with Gasteiger partial charge in [0.2, 0.25) is 0 Å². The van der Waals surface area contributed by atoms with E-state index in [1.54, 1.807) is 13.2 Å². The van der Waals surface area contributed by atoms with Gasteiger partial charge in [-0.3, -0.25) is 4.79 Å². The molecule has 3 aromatic rings. The average molecular weight is 439 g/mol. The molecule has 0 amide bonds. The third-order valence-corrected chi connectivity index (χ3v) is 5.94. The monoisotopic (exact) mass is 438 g/mol. The van der Waals surface area contributed by atoms with E-state index in [1.165, 1.54) is 11.7 Å². The number of benzene rings is 1. The number of aromatic amines is 1. The van der Waals surface area contributed by atoms with E-state index in [-0.39, 0.29) is 5.56 Å². The van der Waals surface area contributed by atoms with Gasteiger partial charge in [-0.25, -0.2) is 4.79 Å². The lowest BCUT2D eigenvalue weighted by Gasteiger charge is -2.30. The molecule has 0 saturated heterocycles. The fourth-order valence-corrected chi connectivity index (χ4v) is 4.48. The number of ether oxygens (including phenoxy) is 3. The molecule has 0 bridgehead atoms. The molecular weight excluding hydrogens is 408 g/mol. The number of hydrogen-bond acceptors (Lipinski definition) is 5.